The SMILES string of the molecule is COc1ccc(OC)c(C2(N)CC2)c1C(C)C. The van der Waals surface area contributed by atoms with Crippen molar-refractivity contribution in [2.24, 2.45) is 5.73 Å². The van der Waals surface area contributed by atoms with Crippen molar-refractivity contribution in [1.82, 2.24) is 0 Å². The summed E-state index contributed by atoms with van der Waals surface area (Å²) in [5.74, 6) is 2.16. The van der Waals surface area contributed by atoms with E-state index in [2.05, 4.69) is 13.8 Å². The van der Waals surface area contributed by atoms with Gasteiger partial charge in [0.1, 0.15) is 11.5 Å². The molecular formula is C14H21NO2. The molecule has 0 unspecified atom stereocenters. The molecule has 1 saturated carbocycles. The second kappa shape index (κ2) is 4.22. The van der Waals surface area contributed by atoms with Gasteiger partial charge in [0.25, 0.3) is 0 Å². The first-order valence-electron chi connectivity index (χ1n) is 6.07. The molecule has 2 N–H and O–H groups in total. The summed E-state index contributed by atoms with van der Waals surface area (Å²) >= 11 is 0. The van der Waals surface area contributed by atoms with Crippen molar-refractivity contribution in [3.8, 4) is 11.5 Å². The van der Waals surface area contributed by atoms with Crippen LogP contribution >= 0.6 is 0 Å². The third kappa shape index (κ3) is 2.00. The second-order valence-electron chi connectivity index (χ2n) is 5.07. The van der Waals surface area contributed by atoms with E-state index in [4.69, 9.17) is 15.2 Å². The van der Waals surface area contributed by atoms with Gasteiger partial charge in [-0.1, -0.05) is 13.8 Å². The fraction of sp³-hybridized carbons (Fsp3) is 0.571. The van der Waals surface area contributed by atoms with Gasteiger partial charge >= 0.3 is 0 Å². The lowest BCUT2D eigenvalue weighted by molar-refractivity contribution is 0.387. The van der Waals surface area contributed by atoms with Crippen LogP contribution < -0.4 is 15.2 Å². The number of nitrogens with two attached hydrogens (primary N) is 1. The molecule has 0 bridgehead atoms. The molecule has 0 aliphatic heterocycles. The summed E-state index contributed by atoms with van der Waals surface area (Å²) in [6, 6.07) is 3.91. The summed E-state index contributed by atoms with van der Waals surface area (Å²) in [5.41, 5.74) is 8.48. The zero-order chi connectivity index (χ0) is 12.6. The van der Waals surface area contributed by atoms with Crippen LogP contribution in [0, 0.1) is 0 Å². The van der Waals surface area contributed by atoms with Gasteiger partial charge in [-0.25, -0.2) is 0 Å². The molecule has 0 aromatic heterocycles. The van der Waals surface area contributed by atoms with Gasteiger partial charge in [-0.15, -0.1) is 0 Å². The topological polar surface area (TPSA) is 44.5 Å². The van der Waals surface area contributed by atoms with Crippen molar-refractivity contribution in [3.63, 3.8) is 0 Å². The van der Waals surface area contributed by atoms with Crippen molar-refractivity contribution in [2.45, 2.75) is 38.1 Å². The highest BCUT2D eigenvalue weighted by atomic mass is 16.5. The van der Waals surface area contributed by atoms with E-state index < -0.39 is 0 Å². The van der Waals surface area contributed by atoms with Crippen LogP contribution in [-0.2, 0) is 5.54 Å². The summed E-state index contributed by atoms with van der Waals surface area (Å²) < 4.78 is 10.9. The standard InChI is InChI=1S/C14H21NO2/c1-9(2)12-10(16-3)5-6-11(17-4)13(12)14(15)7-8-14/h5-6,9H,7-8,15H2,1-4H3. The Kier molecular flexibility index (Phi) is 3.04. The van der Waals surface area contributed by atoms with Gasteiger partial charge in [-0.3, -0.25) is 0 Å². The fourth-order valence-corrected chi connectivity index (χ4v) is 2.40. The van der Waals surface area contributed by atoms with E-state index in [1.807, 2.05) is 12.1 Å². The molecule has 1 aromatic carbocycles. The van der Waals surface area contributed by atoms with Crippen LogP contribution in [0.15, 0.2) is 12.1 Å². The molecule has 2 rings (SSSR count). The smallest absolute Gasteiger partial charge is 0.124 e. The number of rotatable bonds is 4. The van der Waals surface area contributed by atoms with Gasteiger partial charge in [-0.05, 0) is 30.9 Å². The third-order valence-electron chi connectivity index (χ3n) is 3.47. The maximum Gasteiger partial charge on any atom is 0.124 e. The lowest BCUT2D eigenvalue weighted by atomic mass is 9.90. The Morgan fingerprint density at radius 2 is 1.65 bits per heavy atom. The zero-order valence-electron chi connectivity index (χ0n) is 11.0. The van der Waals surface area contributed by atoms with Crippen molar-refractivity contribution in [3.05, 3.63) is 23.3 Å². The van der Waals surface area contributed by atoms with Gasteiger partial charge in [0.15, 0.2) is 0 Å². The minimum absolute atomic E-state index is 0.209. The molecule has 0 saturated heterocycles. The molecule has 3 heteroatoms. The molecule has 0 amide bonds. The molecule has 0 radical (unpaired) electrons. The lowest BCUT2D eigenvalue weighted by Crippen LogP contribution is -2.22. The van der Waals surface area contributed by atoms with Crippen molar-refractivity contribution < 1.29 is 9.47 Å². The minimum Gasteiger partial charge on any atom is -0.496 e. The van der Waals surface area contributed by atoms with E-state index in [9.17, 15) is 0 Å². The van der Waals surface area contributed by atoms with E-state index in [0.717, 1.165) is 29.9 Å². The summed E-state index contributed by atoms with van der Waals surface area (Å²) in [4.78, 5) is 0. The summed E-state index contributed by atoms with van der Waals surface area (Å²) in [7, 11) is 3.40. The van der Waals surface area contributed by atoms with Crippen LogP contribution in [-0.4, -0.2) is 14.2 Å². The highest BCUT2D eigenvalue weighted by Gasteiger charge is 2.44. The predicted molar refractivity (Wildman–Crippen MR) is 68.7 cm³/mol. The fourth-order valence-electron chi connectivity index (χ4n) is 2.40. The highest BCUT2D eigenvalue weighted by Crippen LogP contribution is 2.51. The Balaban J connectivity index is 2.65. The average molecular weight is 235 g/mol. The third-order valence-corrected chi connectivity index (χ3v) is 3.47. The molecule has 0 atom stereocenters. The van der Waals surface area contributed by atoms with E-state index in [1.54, 1.807) is 14.2 Å². The van der Waals surface area contributed by atoms with Crippen LogP contribution in [0.5, 0.6) is 11.5 Å². The van der Waals surface area contributed by atoms with Crippen LogP contribution in [0.1, 0.15) is 43.7 Å². The molecule has 1 aromatic rings. The van der Waals surface area contributed by atoms with Crippen molar-refractivity contribution in [2.75, 3.05) is 14.2 Å². The summed E-state index contributed by atoms with van der Waals surface area (Å²) in [6.45, 7) is 4.32. The first-order chi connectivity index (χ1) is 8.03. The monoisotopic (exact) mass is 235 g/mol. The van der Waals surface area contributed by atoms with Gasteiger partial charge in [-0.2, -0.15) is 0 Å². The van der Waals surface area contributed by atoms with E-state index in [0.29, 0.717) is 5.92 Å². The van der Waals surface area contributed by atoms with E-state index in [-0.39, 0.29) is 5.54 Å². The minimum atomic E-state index is -0.209. The molecule has 0 spiro atoms. The molecule has 1 aliphatic carbocycles. The highest BCUT2D eigenvalue weighted by molar-refractivity contribution is 5.55. The van der Waals surface area contributed by atoms with E-state index >= 15 is 0 Å². The Morgan fingerprint density at radius 1 is 1.12 bits per heavy atom. The Bertz CT molecular complexity index is 422. The Morgan fingerprint density at radius 3 is 2.06 bits per heavy atom. The largest absolute Gasteiger partial charge is 0.496 e. The Hall–Kier alpha value is -1.22. The molecule has 0 heterocycles. The summed E-state index contributed by atoms with van der Waals surface area (Å²) in [6.07, 6.45) is 2.05. The predicted octanol–water partition coefficient (Wildman–Crippen LogP) is 2.78. The van der Waals surface area contributed by atoms with Crippen molar-refractivity contribution in [1.29, 1.82) is 0 Å². The lowest BCUT2D eigenvalue weighted by Gasteiger charge is -2.23. The van der Waals surface area contributed by atoms with Crippen LogP contribution in [0.3, 0.4) is 0 Å². The van der Waals surface area contributed by atoms with Gasteiger partial charge < -0.3 is 15.2 Å². The number of benzene rings is 1. The second-order valence-corrected chi connectivity index (χ2v) is 5.07. The van der Waals surface area contributed by atoms with Crippen molar-refractivity contribution >= 4 is 0 Å². The molecule has 1 fully saturated rings. The van der Waals surface area contributed by atoms with E-state index in [1.165, 1.54) is 5.56 Å². The van der Waals surface area contributed by atoms with Crippen LogP contribution in [0.25, 0.3) is 0 Å². The maximum absolute atomic E-state index is 6.37. The summed E-state index contributed by atoms with van der Waals surface area (Å²) in [5, 5.41) is 0. The molecule has 1 aliphatic rings. The molecule has 3 nitrogen and oxygen atoms in total. The van der Waals surface area contributed by atoms with Gasteiger partial charge in [0.2, 0.25) is 0 Å². The Labute approximate surface area is 103 Å². The zero-order valence-corrected chi connectivity index (χ0v) is 11.0. The number of hydrogen-bond donors (Lipinski definition) is 1. The first-order valence-corrected chi connectivity index (χ1v) is 6.07. The first kappa shape index (κ1) is 12.2. The van der Waals surface area contributed by atoms with Gasteiger partial charge in [0, 0.05) is 16.7 Å². The molecule has 17 heavy (non-hydrogen) atoms. The normalized spacial score (nSPS) is 17.1. The molecule has 94 valence electrons. The quantitative estimate of drug-likeness (QED) is 0.872. The van der Waals surface area contributed by atoms with Crippen LogP contribution in [0.4, 0.5) is 0 Å². The maximum atomic E-state index is 6.37. The number of hydrogen-bond acceptors (Lipinski definition) is 3. The van der Waals surface area contributed by atoms with Gasteiger partial charge in [0.05, 0.1) is 14.2 Å². The average Bonchev–Trinajstić information content (AvgIpc) is 3.06. The molecular weight excluding hydrogens is 214 g/mol. The van der Waals surface area contributed by atoms with Crippen LogP contribution in [0.2, 0.25) is 0 Å². The number of methoxy groups -OCH3 is 2. The number of ether oxygens (including phenoxy) is 2.